The van der Waals surface area contributed by atoms with Crippen LogP contribution in [0.1, 0.15) is 48.7 Å². The Hall–Kier alpha value is -2.43. The first-order valence-electron chi connectivity index (χ1n) is 10.6. The molecular formula is C23H30N4O. The fourth-order valence-electron chi connectivity index (χ4n) is 4.49. The first kappa shape index (κ1) is 18.9. The average molecular weight is 379 g/mol. The van der Waals surface area contributed by atoms with Crippen LogP contribution in [0.2, 0.25) is 0 Å². The van der Waals surface area contributed by atoms with Gasteiger partial charge in [0, 0.05) is 32.2 Å². The van der Waals surface area contributed by atoms with Crippen LogP contribution in [0.25, 0.3) is 0 Å². The van der Waals surface area contributed by atoms with E-state index in [0.29, 0.717) is 11.6 Å². The Bertz CT molecular complexity index is 786. The number of rotatable bonds is 4. The Kier molecular flexibility index (Phi) is 5.89. The lowest BCUT2D eigenvalue weighted by Crippen LogP contribution is -2.40. The molecule has 1 aromatic carbocycles. The van der Waals surface area contributed by atoms with Crippen LogP contribution in [0.4, 0.5) is 5.82 Å². The van der Waals surface area contributed by atoms with Gasteiger partial charge in [0.15, 0.2) is 0 Å². The number of carbonyl (C=O) groups is 1. The van der Waals surface area contributed by atoms with Crippen LogP contribution >= 0.6 is 0 Å². The summed E-state index contributed by atoms with van der Waals surface area (Å²) < 4.78 is 0. The van der Waals surface area contributed by atoms with Crippen molar-refractivity contribution >= 4 is 11.7 Å². The summed E-state index contributed by atoms with van der Waals surface area (Å²) in [5.74, 6) is 2.23. The number of likely N-dealkylation sites (tertiary alicyclic amines) is 1. The standard InChI is InChI=1S/C23H30N4O/c1-18-6-5-11-27(16-18)23(28)21-15-22(25-17-24-21)26-12-9-20(10-13-26)14-19-7-3-2-4-8-19/h2-4,7-8,15,17-18,20H,5-6,9-14,16H2,1H3. The van der Waals surface area contributed by atoms with Gasteiger partial charge in [-0.25, -0.2) is 9.97 Å². The van der Waals surface area contributed by atoms with Crippen LogP contribution in [0.3, 0.4) is 0 Å². The van der Waals surface area contributed by atoms with Crippen LogP contribution in [-0.2, 0) is 6.42 Å². The van der Waals surface area contributed by atoms with E-state index in [1.807, 2.05) is 11.0 Å². The monoisotopic (exact) mass is 378 g/mol. The summed E-state index contributed by atoms with van der Waals surface area (Å²) in [6.45, 7) is 5.87. The van der Waals surface area contributed by atoms with E-state index in [9.17, 15) is 4.79 Å². The highest BCUT2D eigenvalue weighted by Gasteiger charge is 2.25. The number of amides is 1. The molecule has 0 aliphatic carbocycles. The van der Waals surface area contributed by atoms with E-state index < -0.39 is 0 Å². The van der Waals surface area contributed by atoms with Crippen molar-refractivity contribution < 1.29 is 4.79 Å². The largest absolute Gasteiger partial charge is 0.356 e. The highest BCUT2D eigenvalue weighted by Crippen LogP contribution is 2.25. The lowest BCUT2D eigenvalue weighted by Gasteiger charge is -2.33. The first-order chi connectivity index (χ1) is 13.7. The smallest absolute Gasteiger partial charge is 0.272 e. The predicted octanol–water partition coefficient (Wildman–Crippen LogP) is 3.81. The molecule has 1 atom stereocenters. The van der Waals surface area contributed by atoms with E-state index in [1.54, 1.807) is 6.33 Å². The molecule has 1 unspecified atom stereocenters. The van der Waals surface area contributed by atoms with Gasteiger partial charge in [0.05, 0.1) is 0 Å². The van der Waals surface area contributed by atoms with Gasteiger partial charge < -0.3 is 9.80 Å². The summed E-state index contributed by atoms with van der Waals surface area (Å²) in [6, 6.07) is 12.6. The van der Waals surface area contributed by atoms with Crippen LogP contribution in [0.5, 0.6) is 0 Å². The maximum Gasteiger partial charge on any atom is 0.272 e. The number of piperidine rings is 2. The zero-order valence-corrected chi connectivity index (χ0v) is 16.8. The second-order valence-electron chi connectivity index (χ2n) is 8.38. The summed E-state index contributed by atoms with van der Waals surface area (Å²) >= 11 is 0. The zero-order valence-electron chi connectivity index (χ0n) is 16.8. The Morgan fingerprint density at radius 2 is 1.86 bits per heavy atom. The molecule has 2 saturated heterocycles. The summed E-state index contributed by atoms with van der Waals surface area (Å²) in [6.07, 6.45) is 7.30. The van der Waals surface area contributed by atoms with Gasteiger partial charge in [-0.3, -0.25) is 4.79 Å². The van der Waals surface area contributed by atoms with Crippen molar-refractivity contribution in [3.63, 3.8) is 0 Å². The normalized spacial score (nSPS) is 21.0. The van der Waals surface area contributed by atoms with Crippen molar-refractivity contribution in [2.24, 2.45) is 11.8 Å². The molecule has 1 amide bonds. The Morgan fingerprint density at radius 3 is 2.61 bits per heavy atom. The molecule has 0 N–H and O–H groups in total. The minimum Gasteiger partial charge on any atom is -0.356 e. The van der Waals surface area contributed by atoms with E-state index in [4.69, 9.17) is 0 Å². The molecule has 4 rings (SSSR count). The molecule has 1 aromatic heterocycles. The fraction of sp³-hybridized carbons (Fsp3) is 0.522. The van der Waals surface area contributed by atoms with Crippen LogP contribution in [-0.4, -0.2) is 47.0 Å². The van der Waals surface area contributed by atoms with Crippen molar-refractivity contribution in [2.75, 3.05) is 31.1 Å². The molecule has 0 bridgehead atoms. The van der Waals surface area contributed by atoms with Gasteiger partial charge in [-0.2, -0.15) is 0 Å². The zero-order chi connectivity index (χ0) is 19.3. The molecule has 2 aliphatic rings. The number of anilines is 1. The maximum atomic E-state index is 12.9. The second-order valence-corrected chi connectivity index (χ2v) is 8.38. The van der Waals surface area contributed by atoms with Crippen LogP contribution < -0.4 is 4.90 Å². The van der Waals surface area contributed by atoms with E-state index in [-0.39, 0.29) is 5.91 Å². The summed E-state index contributed by atoms with van der Waals surface area (Å²) in [7, 11) is 0. The molecule has 5 nitrogen and oxygen atoms in total. The number of hydrogen-bond acceptors (Lipinski definition) is 4. The maximum absolute atomic E-state index is 12.9. The van der Waals surface area contributed by atoms with Gasteiger partial charge in [-0.05, 0) is 49.5 Å². The molecule has 0 saturated carbocycles. The van der Waals surface area contributed by atoms with Gasteiger partial charge >= 0.3 is 0 Å². The molecule has 3 heterocycles. The van der Waals surface area contributed by atoms with Gasteiger partial charge in [-0.1, -0.05) is 37.3 Å². The van der Waals surface area contributed by atoms with Crippen molar-refractivity contribution in [2.45, 2.75) is 39.0 Å². The SMILES string of the molecule is CC1CCCN(C(=O)c2cc(N3CCC(Cc4ccccc4)CC3)ncn2)C1. The van der Waals surface area contributed by atoms with Crippen molar-refractivity contribution in [3.05, 3.63) is 54.0 Å². The quantitative estimate of drug-likeness (QED) is 0.812. The lowest BCUT2D eigenvalue weighted by molar-refractivity contribution is 0.0677. The third kappa shape index (κ3) is 4.51. The summed E-state index contributed by atoms with van der Waals surface area (Å²) in [5, 5.41) is 0. The number of aromatic nitrogens is 2. The Morgan fingerprint density at radius 1 is 1.07 bits per heavy atom. The highest BCUT2D eigenvalue weighted by molar-refractivity contribution is 5.93. The third-order valence-electron chi connectivity index (χ3n) is 6.12. The van der Waals surface area contributed by atoms with Crippen molar-refractivity contribution in [3.8, 4) is 0 Å². The molecular weight excluding hydrogens is 348 g/mol. The molecule has 148 valence electrons. The number of nitrogens with zero attached hydrogens (tertiary/aromatic N) is 4. The summed E-state index contributed by atoms with van der Waals surface area (Å²) in [4.78, 5) is 25.8. The molecule has 0 spiro atoms. The Labute approximate surface area is 167 Å². The van der Waals surface area contributed by atoms with E-state index in [2.05, 4.69) is 52.1 Å². The van der Waals surface area contributed by atoms with Gasteiger partial charge in [-0.15, -0.1) is 0 Å². The molecule has 2 aromatic rings. The third-order valence-corrected chi connectivity index (χ3v) is 6.12. The minimum atomic E-state index is 0.0502. The van der Waals surface area contributed by atoms with Gasteiger partial charge in [0.25, 0.3) is 5.91 Å². The van der Waals surface area contributed by atoms with E-state index in [0.717, 1.165) is 63.6 Å². The van der Waals surface area contributed by atoms with Gasteiger partial charge in [0.1, 0.15) is 17.8 Å². The molecule has 5 heteroatoms. The minimum absolute atomic E-state index is 0.0502. The predicted molar refractivity (Wildman–Crippen MR) is 111 cm³/mol. The Balaban J connectivity index is 1.36. The van der Waals surface area contributed by atoms with Crippen LogP contribution in [0.15, 0.2) is 42.7 Å². The second kappa shape index (κ2) is 8.72. The fourth-order valence-corrected chi connectivity index (χ4v) is 4.49. The molecule has 2 fully saturated rings. The van der Waals surface area contributed by atoms with E-state index >= 15 is 0 Å². The average Bonchev–Trinajstić information content (AvgIpc) is 2.75. The molecule has 2 aliphatic heterocycles. The number of benzene rings is 1. The number of carbonyl (C=O) groups excluding carboxylic acids is 1. The van der Waals surface area contributed by atoms with E-state index in [1.165, 1.54) is 12.0 Å². The molecule has 0 radical (unpaired) electrons. The lowest BCUT2D eigenvalue weighted by atomic mass is 9.90. The van der Waals surface area contributed by atoms with Crippen molar-refractivity contribution in [1.82, 2.24) is 14.9 Å². The summed E-state index contributed by atoms with van der Waals surface area (Å²) in [5.41, 5.74) is 1.96. The van der Waals surface area contributed by atoms with Crippen LogP contribution in [0, 0.1) is 11.8 Å². The topological polar surface area (TPSA) is 49.3 Å². The van der Waals surface area contributed by atoms with Crippen molar-refractivity contribution in [1.29, 1.82) is 0 Å². The molecule has 28 heavy (non-hydrogen) atoms. The highest BCUT2D eigenvalue weighted by atomic mass is 16.2. The first-order valence-corrected chi connectivity index (χ1v) is 10.6. The number of hydrogen-bond donors (Lipinski definition) is 0. The van der Waals surface area contributed by atoms with Gasteiger partial charge in [0.2, 0.25) is 0 Å².